The Bertz CT molecular complexity index is 920. The van der Waals surface area contributed by atoms with Gasteiger partial charge in [-0.15, -0.1) is 0 Å². The molecule has 0 aliphatic carbocycles. The van der Waals surface area contributed by atoms with Crippen molar-refractivity contribution in [1.29, 1.82) is 0 Å². The van der Waals surface area contributed by atoms with Crippen molar-refractivity contribution in [2.75, 3.05) is 19.0 Å². The molecule has 1 N–H and O–H groups in total. The van der Waals surface area contributed by atoms with E-state index in [-0.39, 0.29) is 17.2 Å². The van der Waals surface area contributed by atoms with Crippen molar-refractivity contribution in [3.05, 3.63) is 65.4 Å². The normalized spacial score (nSPS) is 14.7. The summed E-state index contributed by atoms with van der Waals surface area (Å²) in [6, 6.07) is 15.1. The summed E-state index contributed by atoms with van der Waals surface area (Å²) in [5, 5.41) is 3.18. The van der Waals surface area contributed by atoms with Crippen LogP contribution in [0.5, 0.6) is 5.75 Å². The molecular weight excluding hydrogens is 352 g/mol. The van der Waals surface area contributed by atoms with Crippen LogP contribution in [-0.2, 0) is 15.0 Å². The highest BCUT2D eigenvalue weighted by Crippen LogP contribution is 2.32. The Balaban J connectivity index is 2.00. The van der Waals surface area contributed by atoms with Crippen LogP contribution in [-0.4, -0.2) is 30.4 Å². The zero-order chi connectivity index (χ0) is 20.5. The number of nitrogens with zero attached hydrogens (tertiary/aromatic N) is 1. The number of hydrogen-bond donors (Lipinski definition) is 1. The molecule has 5 nitrogen and oxygen atoms in total. The molecule has 0 spiro atoms. The van der Waals surface area contributed by atoms with Gasteiger partial charge in [-0.2, -0.15) is 0 Å². The van der Waals surface area contributed by atoms with Gasteiger partial charge in [-0.05, 0) is 47.7 Å². The molecule has 3 rings (SSSR count). The smallest absolute Gasteiger partial charge is 0.278 e. The van der Waals surface area contributed by atoms with Gasteiger partial charge in [0.25, 0.3) is 11.8 Å². The molecule has 0 radical (unpaired) electrons. The third-order valence-electron chi connectivity index (χ3n) is 4.88. The van der Waals surface area contributed by atoms with Crippen LogP contribution in [0.15, 0.2) is 54.2 Å². The molecule has 2 amide bonds. The van der Waals surface area contributed by atoms with Gasteiger partial charge in [-0.3, -0.25) is 14.5 Å². The number of carbonyl (C=O) groups excluding carboxylic acids is 2. The van der Waals surface area contributed by atoms with Gasteiger partial charge < -0.3 is 10.1 Å². The molecule has 5 heteroatoms. The number of anilines is 1. The lowest BCUT2D eigenvalue weighted by Gasteiger charge is -2.19. The summed E-state index contributed by atoms with van der Waals surface area (Å²) in [5.74, 6) is 0.102. The highest BCUT2D eigenvalue weighted by atomic mass is 16.5. The molecule has 0 saturated heterocycles. The number of carbonyl (C=O) groups is 2. The third kappa shape index (κ3) is 3.65. The summed E-state index contributed by atoms with van der Waals surface area (Å²) in [7, 11) is 1.59. The maximum Gasteiger partial charge on any atom is 0.278 e. The van der Waals surface area contributed by atoms with Crippen molar-refractivity contribution in [2.24, 2.45) is 0 Å². The third-order valence-corrected chi connectivity index (χ3v) is 4.88. The molecule has 2 aromatic carbocycles. The summed E-state index contributed by atoms with van der Waals surface area (Å²) < 4.78 is 5.19. The molecule has 1 heterocycles. The molecule has 1 aliphatic heterocycles. The quantitative estimate of drug-likeness (QED) is 0.792. The number of likely N-dealkylation sites (N-methyl/N-ethyl adjacent to an activating group) is 1. The molecule has 0 fully saturated rings. The molecule has 146 valence electrons. The molecule has 2 aromatic rings. The highest BCUT2D eigenvalue weighted by molar-refractivity contribution is 6.36. The largest absolute Gasteiger partial charge is 0.497 e. The number of imide groups is 1. The van der Waals surface area contributed by atoms with Crippen LogP contribution in [0.25, 0.3) is 5.57 Å². The SMILES string of the molecule is CCN1C(=O)C(Nc2ccc(C(C)(C)C)cc2)=C(c2ccc(OC)cc2)C1=O. The van der Waals surface area contributed by atoms with Gasteiger partial charge in [0.15, 0.2) is 0 Å². The van der Waals surface area contributed by atoms with E-state index in [0.717, 1.165) is 5.69 Å². The standard InChI is InChI=1S/C23H26N2O3/c1-6-25-21(26)19(15-7-13-18(28-5)14-8-15)20(22(25)27)24-17-11-9-16(10-12-17)23(2,3)4/h7-14,24H,6H2,1-5H3. The lowest BCUT2D eigenvalue weighted by Crippen LogP contribution is -2.32. The first-order valence-corrected chi connectivity index (χ1v) is 9.38. The average molecular weight is 378 g/mol. The van der Waals surface area contributed by atoms with Gasteiger partial charge >= 0.3 is 0 Å². The monoisotopic (exact) mass is 378 g/mol. The predicted molar refractivity (Wildman–Crippen MR) is 111 cm³/mol. The number of rotatable bonds is 5. The Morgan fingerprint density at radius 3 is 2.04 bits per heavy atom. The van der Waals surface area contributed by atoms with Crippen LogP contribution in [0.4, 0.5) is 5.69 Å². The number of methoxy groups -OCH3 is 1. The van der Waals surface area contributed by atoms with E-state index in [1.165, 1.54) is 10.5 Å². The van der Waals surface area contributed by atoms with E-state index in [4.69, 9.17) is 4.74 Å². The maximum atomic E-state index is 12.9. The second-order valence-electron chi connectivity index (χ2n) is 7.79. The number of hydrogen-bond acceptors (Lipinski definition) is 4. The summed E-state index contributed by atoms with van der Waals surface area (Å²) in [6.07, 6.45) is 0. The topological polar surface area (TPSA) is 58.6 Å². The maximum absolute atomic E-state index is 12.9. The second kappa shape index (κ2) is 7.50. The van der Waals surface area contributed by atoms with Crippen LogP contribution in [0.3, 0.4) is 0 Å². The number of amides is 2. The fourth-order valence-corrected chi connectivity index (χ4v) is 3.20. The van der Waals surface area contributed by atoms with E-state index in [0.29, 0.717) is 29.1 Å². The molecule has 28 heavy (non-hydrogen) atoms. The lowest BCUT2D eigenvalue weighted by molar-refractivity contribution is -0.136. The van der Waals surface area contributed by atoms with Gasteiger partial charge in [0, 0.05) is 12.2 Å². The van der Waals surface area contributed by atoms with Crippen molar-refractivity contribution in [3.63, 3.8) is 0 Å². The average Bonchev–Trinajstić information content (AvgIpc) is 2.91. The van der Waals surface area contributed by atoms with Crippen molar-refractivity contribution < 1.29 is 14.3 Å². The van der Waals surface area contributed by atoms with E-state index in [1.54, 1.807) is 38.3 Å². The first kappa shape index (κ1) is 19.7. The lowest BCUT2D eigenvalue weighted by atomic mass is 9.87. The fourth-order valence-electron chi connectivity index (χ4n) is 3.20. The molecule has 0 atom stereocenters. The minimum absolute atomic E-state index is 0.0458. The van der Waals surface area contributed by atoms with E-state index in [2.05, 4.69) is 26.1 Å². The summed E-state index contributed by atoms with van der Waals surface area (Å²) in [4.78, 5) is 27.0. The minimum atomic E-state index is -0.307. The molecule has 0 bridgehead atoms. The Morgan fingerprint density at radius 1 is 0.929 bits per heavy atom. The van der Waals surface area contributed by atoms with Crippen LogP contribution < -0.4 is 10.1 Å². The van der Waals surface area contributed by atoms with Crippen LogP contribution in [0.2, 0.25) is 0 Å². The van der Waals surface area contributed by atoms with Gasteiger partial charge in [0.05, 0.1) is 12.7 Å². The van der Waals surface area contributed by atoms with Crippen molar-refractivity contribution in [2.45, 2.75) is 33.1 Å². The van der Waals surface area contributed by atoms with Crippen molar-refractivity contribution in [3.8, 4) is 5.75 Å². The Morgan fingerprint density at radius 2 is 1.54 bits per heavy atom. The van der Waals surface area contributed by atoms with E-state index in [9.17, 15) is 9.59 Å². The molecule has 0 aromatic heterocycles. The Kier molecular flexibility index (Phi) is 5.27. The highest BCUT2D eigenvalue weighted by Gasteiger charge is 2.38. The Labute approximate surface area is 166 Å². The van der Waals surface area contributed by atoms with Crippen molar-refractivity contribution >= 4 is 23.1 Å². The van der Waals surface area contributed by atoms with Crippen LogP contribution in [0.1, 0.15) is 38.8 Å². The zero-order valence-electron chi connectivity index (χ0n) is 17.0. The summed E-state index contributed by atoms with van der Waals surface area (Å²) in [5.41, 5.74) is 3.39. The minimum Gasteiger partial charge on any atom is -0.497 e. The predicted octanol–water partition coefficient (Wildman–Crippen LogP) is 4.20. The molecule has 0 saturated carbocycles. The number of benzene rings is 2. The molecule has 0 unspecified atom stereocenters. The second-order valence-corrected chi connectivity index (χ2v) is 7.79. The first-order valence-electron chi connectivity index (χ1n) is 9.38. The summed E-state index contributed by atoms with van der Waals surface area (Å²) in [6.45, 7) is 8.57. The van der Waals surface area contributed by atoms with E-state index < -0.39 is 0 Å². The number of nitrogens with one attached hydrogen (secondary N) is 1. The fraction of sp³-hybridized carbons (Fsp3) is 0.304. The van der Waals surface area contributed by atoms with Gasteiger partial charge in [0.2, 0.25) is 0 Å². The first-order chi connectivity index (χ1) is 13.3. The van der Waals surface area contributed by atoms with Crippen LogP contribution >= 0.6 is 0 Å². The summed E-state index contributed by atoms with van der Waals surface area (Å²) >= 11 is 0. The van der Waals surface area contributed by atoms with E-state index >= 15 is 0 Å². The molecule has 1 aliphatic rings. The zero-order valence-corrected chi connectivity index (χ0v) is 17.0. The van der Waals surface area contributed by atoms with Crippen molar-refractivity contribution in [1.82, 2.24) is 4.90 Å². The van der Waals surface area contributed by atoms with Gasteiger partial charge in [0.1, 0.15) is 11.4 Å². The van der Waals surface area contributed by atoms with Gasteiger partial charge in [-0.1, -0.05) is 45.0 Å². The Hall–Kier alpha value is -3.08. The molecular formula is C23H26N2O3. The van der Waals surface area contributed by atoms with Crippen LogP contribution in [0, 0.1) is 0 Å². The number of ether oxygens (including phenoxy) is 1. The van der Waals surface area contributed by atoms with E-state index in [1.807, 2.05) is 24.3 Å². The van der Waals surface area contributed by atoms with Gasteiger partial charge in [-0.25, -0.2) is 0 Å².